The maximum Gasteiger partial charge on any atom is 0.137 e. The zero-order chi connectivity index (χ0) is 14.2. The van der Waals surface area contributed by atoms with Gasteiger partial charge in [0, 0.05) is 29.9 Å². The summed E-state index contributed by atoms with van der Waals surface area (Å²) < 4.78 is 0. The van der Waals surface area contributed by atoms with E-state index in [2.05, 4.69) is 51.3 Å². The normalized spacial score (nSPS) is 21.3. The fraction of sp³-hybridized carbons (Fsp3) is 0.176. The lowest BCUT2D eigenvalue weighted by Crippen LogP contribution is -2.28. The summed E-state index contributed by atoms with van der Waals surface area (Å²) in [6.45, 7) is 2.21. The van der Waals surface area contributed by atoms with E-state index >= 15 is 0 Å². The first kappa shape index (κ1) is 12.1. The van der Waals surface area contributed by atoms with Gasteiger partial charge in [-0.25, -0.2) is 4.98 Å². The van der Waals surface area contributed by atoms with Gasteiger partial charge in [-0.3, -0.25) is 5.01 Å². The molecule has 104 valence electrons. The van der Waals surface area contributed by atoms with Crippen LogP contribution in [0.5, 0.6) is 0 Å². The van der Waals surface area contributed by atoms with E-state index in [1.165, 1.54) is 10.9 Å². The summed E-state index contributed by atoms with van der Waals surface area (Å²) in [5.74, 6) is 0.270. The lowest BCUT2D eigenvalue weighted by atomic mass is 9.92. The predicted octanol–water partition coefficient (Wildman–Crippen LogP) is 3.54. The monoisotopic (exact) mass is 276 g/mol. The summed E-state index contributed by atoms with van der Waals surface area (Å²) in [6.07, 6.45) is 5.84. The summed E-state index contributed by atoms with van der Waals surface area (Å²) in [6, 6.07) is 14.8. The summed E-state index contributed by atoms with van der Waals surface area (Å²) in [5, 5.41) is 7.88. The van der Waals surface area contributed by atoms with Crippen LogP contribution in [0, 0.1) is 0 Å². The fourth-order valence-electron chi connectivity index (χ4n) is 3.02. The molecule has 21 heavy (non-hydrogen) atoms. The molecule has 0 fully saturated rings. The van der Waals surface area contributed by atoms with Crippen molar-refractivity contribution in [3.05, 3.63) is 60.4 Å². The lowest BCUT2D eigenvalue weighted by Gasteiger charge is -2.24. The number of aromatic nitrogens is 2. The highest BCUT2D eigenvalue weighted by molar-refractivity contribution is 5.86. The van der Waals surface area contributed by atoms with Crippen LogP contribution in [0.2, 0.25) is 0 Å². The average Bonchev–Trinajstić information content (AvgIpc) is 3.14. The highest BCUT2D eigenvalue weighted by Crippen LogP contribution is 2.33. The van der Waals surface area contributed by atoms with E-state index in [-0.39, 0.29) is 12.0 Å². The molecule has 1 aromatic carbocycles. The number of aromatic amines is 1. The molecule has 3 aromatic rings. The summed E-state index contributed by atoms with van der Waals surface area (Å²) >= 11 is 0. The van der Waals surface area contributed by atoms with E-state index < -0.39 is 0 Å². The van der Waals surface area contributed by atoms with Crippen LogP contribution in [0.15, 0.2) is 60.0 Å². The zero-order valence-corrected chi connectivity index (χ0v) is 11.8. The van der Waals surface area contributed by atoms with E-state index in [1.807, 2.05) is 36.8 Å². The lowest BCUT2D eigenvalue weighted by molar-refractivity contribution is 0.668. The smallest absolute Gasteiger partial charge is 0.137 e. The number of para-hydroxylation sites is 1. The third-order valence-corrected chi connectivity index (χ3v) is 4.13. The number of anilines is 1. The van der Waals surface area contributed by atoms with Gasteiger partial charge in [0.2, 0.25) is 0 Å². The Morgan fingerprint density at radius 2 is 1.95 bits per heavy atom. The standard InChI is InChI=1S/C17H16N4/c1-12-16(11-20-21(12)13-5-3-2-4-6-13)14-7-9-18-17-15(14)8-10-19-17/h2-12,16H,1H3,(H,18,19). The van der Waals surface area contributed by atoms with Gasteiger partial charge in [0.25, 0.3) is 0 Å². The first-order chi connectivity index (χ1) is 10.3. The van der Waals surface area contributed by atoms with E-state index in [9.17, 15) is 0 Å². The van der Waals surface area contributed by atoms with Gasteiger partial charge in [0.05, 0.1) is 11.7 Å². The van der Waals surface area contributed by atoms with Crippen LogP contribution in [0.1, 0.15) is 18.4 Å². The fourth-order valence-corrected chi connectivity index (χ4v) is 3.02. The van der Waals surface area contributed by atoms with Gasteiger partial charge in [-0.05, 0) is 36.8 Å². The molecular formula is C17H16N4. The number of nitrogens with zero attached hydrogens (tertiary/aromatic N) is 3. The number of hydrazone groups is 1. The number of rotatable bonds is 2. The van der Waals surface area contributed by atoms with Crippen molar-refractivity contribution in [2.24, 2.45) is 5.10 Å². The Bertz CT molecular complexity index is 791. The van der Waals surface area contributed by atoms with Crippen molar-refractivity contribution in [3.8, 4) is 0 Å². The number of pyridine rings is 1. The van der Waals surface area contributed by atoms with Crippen molar-refractivity contribution >= 4 is 22.9 Å². The Balaban J connectivity index is 1.72. The molecule has 0 spiro atoms. The quantitative estimate of drug-likeness (QED) is 0.778. The number of hydrogen-bond acceptors (Lipinski definition) is 3. The van der Waals surface area contributed by atoms with E-state index in [1.54, 1.807) is 0 Å². The van der Waals surface area contributed by atoms with Crippen LogP contribution in [0.4, 0.5) is 5.69 Å². The molecule has 1 aliphatic heterocycles. The molecule has 0 bridgehead atoms. The van der Waals surface area contributed by atoms with Crippen LogP contribution in [0.3, 0.4) is 0 Å². The molecule has 1 aliphatic rings. The molecule has 0 saturated carbocycles. The van der Waals surface area contributed by atoms with Crippen LogP contribution in [-0.4, -0.2) is 22.2 Å². The van der Waals surface area contributed by atoms with Crippen LogP contribution >= 0.6 is 0 Å². The van der Waals surface area contributed by atoms with Gasteiger partial charge < -0.3 is 4.98 Å². The summed E-state index contributed by atoms with van der Waals surface area (Å²) in [5.41, 5.74) is 3.34. The largest absolute Gasteiger partial charge is 0.346 e. The van der Waals surface area contributed by atoms with Crippen molar-refractivity contribution < 1.29 is 0 Å². The van der Waals surface area contributed by atoms with Crippen molar-refractivity contribution in [1.29, 1.82) is 0 Å². The molecule has 1 N–H and O–H groups in total. The molecular weight excluding hydrogens is 260 g/mol. The Morgan fingerprint density at radius 1 is 1.10 bits per heavy atom. The van der Waals surface area contributed by atoms with Gasteiger partial charge >= 0.3 is 0 Å². The number of fused-ring (bicyclic) bond motifs is 1. The SMILES string of the molecule is CC1C(c2ccnc3[nH]ccc23)C=NN1c1ccccc1. The molecule has 4 heteroatoms. The van der Waals surface area contributed by atoms with Gasteiger partial charge in [-0.15, -0.1) is 0 Å². The number of hydrogen-bond donors (Lipinski definition) is 1. The van der Waals surface area contributed by atoms with E-state index in [0.717, 1.165) is 11.3 Å². The van der Waals surface area contributed by atoms with Crippen molar-refractivity contribution in [2.75, 3.05) is 5.01 Å². The maximum absolute atomic E-state index is 4.61. The minimum absolute atomic E-state index is 0.270. The number of nitrogens with one attached hydrogen (secondary N) is 1. The van der Waals surface area contributed by atoms with E-state index in [4.69, 9.17) is 0 Å². The van der Waals surface area contributed by atoms with Crippen LogP contribution in [0.25, 0.3) is 11.0 Å². The minimum atomic E-state index is 0.270. The van der Waals surface area contributed by atoms with Crippen LogP contribution < -0.4 is 5.01 Å². The maximum atomic E-state index is 4.61. The highest BCUT2D eigenvalue weighted by Gasteiger charge is 2.30. The Morgan fingerprint density at radius 3 is 2.81 bits per heavy atom. The average molecular weight is 276 g/mol. The van der Waals surface area contributed by atoms with Gasteiger partial charge in [0.1, 0.15) is 5.65 Å². The molecule has 0 saturated heterocycles. The number of H-pyrrole nitrogens is 1. The third-order valence-electron chi connectivity index (χ3n) is 4.13. The molecule has 0 aliphatic carbocycles. The molecule has 3 heterocycles. The second kappa shape index (κ2) is 4.74. The topological polar surface area (TPSA) is 44.3 Å². The minimum Gasteiger partial charge on any atom is -0.346 e. The van der Waals surface area contributed by atoms with Crippen molar-refractivity contribution in [2.45, 2.75) is 18.9 Å². The third kappa shape index (κ3) is 1.91. The Labute approximate surface area is 123 Å². The number of benzene rings is 1. The Kier molecular flexibility index (Phi) is 2.74. The molecule has 2 atom stereocenters. The molecule has 0 radical (unpaired) electrons. The molecule has 4 rings (SSSR count). The molecule has 4 nitrogen and oxygen atoms in total. The van der Waals surface area contributed by atoms with Crippen LogP contribution in [-0.2, 0) is 0 Å². The first-order valence-corrected chi connectivity index (χ1v) is 7.15. The van der Waals surface area contributed by atoms with Gasteiger partial charge in [-0.2, -0.15) is 5.10 Å². The molecule has 2 aromatic heterocycles. The Hall–Kier alpha value is -2.62. The van der Waals surface area contributed by atoms with Gasteiger partial charge in [0.15, 0.2) is 0 Å². The molecule has 0 amide bonds. The second-order valence-electron chi connectivity index (χ2n) is 5.35. The second-order valence-corrected chi connectivity index (χ2v) is 5.35. The van der Waals surface area contributed by atoms with Crippen molar-refractivity contribution in [1.82, 2.24) is 9.97 Å². The highest BCUT2D eigenvalue weighted by atomic mass is 15.5. The predicted molar refractivity (Wildman–Crippen MR) is 85.7 cm³/mol. The van der Waals surface area contributed by atoms with E-state index in [0.29, 0.717) is 0 Å². The summed E-state index contributed by atoms with van der Waals surface area (Å²) in [7, 11) is 0. The van der Waals surface area contributed by atoms with Crippen molar-refractivity contribution in [3.63, 3.8) is 0 Å². The van der Waals surface area contributed by atoms with Gasteiger partial charge in [-0.1, -0.05) is 18.2 Å². The first-order valence-electron chi connectivity index (χ1n) is 7.15. The zero-order valence-electron chi connectivity index (χ0n) is 11.8. The molecule has 2 unspecified atom stereocenters. The summed E-state index contributed by atoms with van der Waals surface area (Å²) in [4.78, 5) is 7.53.